The first-order valence-corrected chi connectivity index (χ1v) is 7.39. The highest BCUT2D eigenvalue weighted by molar-refractivity contribution is 5.80. The molecule has 0 fully saturated rings. The number of nitrogens with zero attached hydrogens (tertiary/aromatic N) is 4. The molecule has 0 saturated carbocycles. The van der Waals surface area contributed by atoms with Crippen LogP contribution in [-0.4, -0.2) is 25.5 Å². The summed E-state index contributed by atoms with van der Waals surface area (Å²) < 4.78 is 3.66. The zero-order valence-electron chi connectivity index (χ0n) is 12.7. The highest BCUT2D eigenvalue weighted by Gasteiger charge is 2.27. The number of amides is 1. The fourth-order valence-corrected chi connectivity index (χ4v) is 3.05. The molecule has 6 heteroatoms. The third-order valence-electron chi connectivity index (χ3n) is 4.31. The molecule has 21 heavy (non-hydrogen) atoms. The van der Waals surface area contributed by atoms with E-state index in [-0.39, 0.29) is 18.0 Å². The molecule has 1 aliphatic carbocycles. The number of carbonyl (C=O) groups excluding carboxylic acids is 1. The average Bonchev–Trinajstić information content (AvgIpc) is 3.06. The number of hydrogen-bond donors (Lipinski definition) is 1. The monoisotopic (exact) mass is 287 g/mol. The fraction of sp³-hybridized carbons (Fsp3) is 0.533. The van der Waals surface area contributed by atoms with Crippen molar-refractivity contribution in [1.29, 1.82) is 0 Å². The van der Waals surface area contributed by atoms with E-state index in [1.54, 1.807) is 10.9 Å². The molecule has 3 rings (SSSR count). The molecule has 0 radical (unpaired) electrons. The Morgan fingerprint density at radius 2 is 2.29 bits per heavy atom. The Bertz CT molecular complexity index is 657. The molecule has 2 atom stereocenters. The van der Waals surface area contributed by atoms with Gasteiger partial charge < -0.3 is 5.32 Å². The summed E-state index contributed by atoms with van der Waals surface area (Å²) in [5.41, 5.74) is 3.37. The first-order valence-electron chi connectivity index (χ1n) is 7.39. The minimum atomic E-state index is -0.304. The van der Waals surface area contributed by atoms with Crippen LogP contribution in [0.3, 0.4) is 0 Å². The maximum absolute atomic E-state index is 12.5. The molecule has 1 N–H and O–H groups in total. The van der Waals surface area contributed by atoms with Crippen LogP contribution in [0.4, 0.5) is 0 Å². The largest absolute Gasteiger partial charge is 0.347 e. The number of hydrogen-bond acceptors (Lipinski definition) is 3. The molecular formula is C15H21N5O. The van der Waals surface area contributed by atoms with Crippen LogP contribution in [0.25, 0.3) is 0 Å². The van der Waals surface area contributed by atoms with Gasteiger partial charge in [0, 0.05) is 30.2 Å². The van der Waals surface area contributed by atoms with Crippen LogP contribution in [0.1, 0.15) is 48.8 Å². The van der Waals surface area contributed by atoms with Crippen LogP contribution in [-0.2, 0) is 18.3 Å². The van der Waals surface area contributed by atoms with Gasteiger partial charge in [0.1, 0.15) is 6.04 Å². The molecule has 2 aromatic rings. The number of rotatable bonds is 3. The molecule has 1 aliphatic rings. The maximum Gasteiger partial charge on any atom is 0.245 e. The molecule has 6 nitrogen and oxygen atoms in total. The molecule has 2 aromatic heterocycles. The summed E-state index contributed by atoms with van der Waals surface area (Å²) in [6.07, 6.45) is 6.68. The summed E-state index contributed by atoms with van der Waals surface area (Å²) in [5.74, 6) is 0.00324. The van der Waals surface area contributed by atoms with E-state index in [9.17, 15) is 4.79 Å². The van der Waals surface area contributed by atoms with Crippen LogP contribution in [0.5, 0.6) is 0 Å². The van der Waals surface area contributed by atoms with Crippen LogP contribution >= 0.6 is 0 Å². The maximum atomic E-state index is 12.5. The zero-order valence-corrected chi connectivity index (χ0v) is 12.7. The summed E-state index contributed by atoms with van der Waals surface area (Å²) in [6, 6.07) is 1.67. The van der Waals surface area contributed by atoms with Gasteiger partial charge in [-0.3, -0.25) is 14.2 Å². The Kier molecular flexibility index (Phi) is 3.53. The summed E-state index contributed by atoms with van der Waals surface area (Å²) in [4.78, 5) is 12.5. The minimum Gasteiger partial charge on any atom is -0.347 e. The SMILES string of the molecule is Cc1ccnn1[C@H](C)C(=O)N[C@H]1CCCc2c1cnn2C. The smallest absolute Gasteiger partial charge is 0.245 e. The molecule has 1 amide bonds. The van der Waals surface area contributed by atoms with Crippen molar-refractivity contribution in [3.63, 3.8) is 0 Å². The third kappa shape index (κ3) is 2.46. The molecule has 0 bridgehead atoms. The molecule has 0 aromatic carbocycles. The Hall–Kier alpha value is -2.11. The van der Waals surface area contributed by atoms with Gasteiger partial charge in [-0.05, 0) is 39.2 Å². The molecular weight excluding hydrogens is 266 g/mol. The quantitative estimate of drug-likeness (QED) is 0.934. The van der Waals surface area contributed by atoms with Crippen LogP contribution in [0, 0.1) is 6.92 Å². The lowest BCUT2D eigenvalue weighted by Crippen LogP contribution is -2.36. The first-order chi connectivity index (χ1) is 10.1. The van der Waals surface area contributed by atoms with E-state index in [4.69, 9.17) is 0 Å². The Labute approximate surface area is 124 Å². The van der Waals surface area contributed by atoms with E-state index < -0.39 is 0 Å². The second kappa shape index (κ2) is 5.35. The van der Waals surface area contributed by atoms with E-state index in [2.05, 4.69) is 15.5 Å². The van der Waals surface area contributed by atoms with Gasteiger partial charge in [0.25, 0.3) is 0 Å². The summed E-state index contributed by atoms with van der Waals surface area (Å²) in [5, 5.41) is 11.7. The molecule has 2 heterocycles. The van der Waals surface area contributed by atoms with E-state index >= 15 is 0 Å². The van der Waals surface area contributed by atoms with Crippen LogP contribution < -0.4 is 5.32 Å². The van der Waals surface area contributed by atoms with Gasteiger partial charge >= 0.3 is 0 Å². The summed E-state index contributed by atoms with van der Waals surface area (Å²) >= 11 is 0. The lowest BCUT2D eigenvalue weighted by Gasteiger charge is -2.25. The van der Waals surface area contributed by atoms with Gasteiger partial charge in [0.2, 0.25) is 5.91 Å². The van der Waals surface area contributed by atoms with Crippen LogP contribution in [0.2, 0.25) is 0 Å². The van der Waals surface area contributed by atoms with Gasteiger partial charge in [-0.15, -0.1) is 0 Å². The highest BCUT2D eigenvalue weighted by atomic mass is 16.2. The predicted octanol–water partition coefficient (Wildman–Crippen LogP) is 1.68. The second-order valence-corrected chi connectivity index (χ2v) is 5.72. The van der Waals surface area contributed by atoms with Crippen molar-refractivity contribution in [3.8, 4) is 0 Å². The number of fused-ring (bicyclic) bond motifs is 1. The van der Waals surface area contributed by atoms with Gasteiger partial charge in [0.15, 0.2) is 0 Å². The van der Waals surface area contributed by atoms with Gasteiger partial charge in [-0.25, -0.2) is 0 Å². The second-order valence-electron chi connectivity index (χ2n) is 5.72. The number of aromatic nitrogens is 4. The minimum absolute atomic E-state index is 0.00324. The number of nitrogens with one attached hydrogen (secondary N) is 1. The molecule has 0 spiro atoms. The topological polar surface area (TPSA) is 64.7 Å². The Morgan fingerprint density at radius 3 is 3.00 bits per heavy atom. The fourth-order valence-electron chi connectivity index (χ4n) is 3.05. The third-order valence-corrected chi connectivity index (χ3v) is 4.31. The molecule has 112 valence electrons. The van der Waals surface area contributed by atoms with E-state index in [0.29, 0.717) is 0 Å². The zero-order chi connectivity index (χ0) is 15.0. The van der Waals surface area contributed by atoms with Crippen molar-refractivity contribution in [2.45, 2.75) is 45.2 Å². The van der Waals surface area contributed by atoms with Crippen molar-refractivity contribution in [1.82, 2.24) is 24.9 Å². The average molecular weight is 287 g/mol. The van der Waals surface area contributed by atoms with Crippen molar-refractivity contribution < 1.29 is 4.79 Å². The van der Waals surface area contributed by atoms with Crippen molar-refractivity contribution in [3.05, 3.63) is 35.4 Å². The lowest BCUT2D eigenvalue weighted by molar-refractivity contribution is -0.125. The molecule has 0 saturated heterocycles. The summed E-state index contributed by atoms with van der Waals surface area (Å²) in [6.45, 7) is 3.83. The number of aryl methyl sites for hydroxylation is 2. The predicted molar refractivity (Wildman–Crippen MR) is 78.7 cm³/mol. The summed E-state index contributed by atoms with van der Waals surface area (Å²) in [7, 11) is 1.96. The molecule has 0 aliphatic heterocycles. The normalized spacial score (nSPS) is 19.1. The van der Waals surface area contributed by atoms with E-state index in [0.717, 1.165) is 30.5 Å². The van der Waals surface area contributed by atoms with Gasteiger partial charge in [0.05, 0.1) is 12.2 Å². The standard InChI is InChI=1S/C15H21N5O/c1-10-7-8-16-20(10)11(2)15(21)18-13-5-4-6-14-12(13)9-17-19(14)3/h7-9,11,13H,4-6H2,1-3H3,(H,18,21)/t11-,13+/m1/s1. The van der Waals surface area contributed by atoms with Gasteiger partial charge in [-0.1, -0.05) is 0 Å². The Balaban J connectivity index is 1.75. The van der Waals surface area contributed by atoms with Gasteiger partial charge in [-0.2, -0.15) is 10.2 Å². The van der Waals surface area contributed by atoms with Crippen molar-refractivity contribution in [2.75, 3.05) is 0 Å². The molecule has 0 unspecified atom stereocenters. The van der Waals surface area contributed by atoms with Crippen molar-refractivity contribution in [2.24, 2.45) is 7.05 Å². The van der Waals surface area contributed by atoms with Crippen LogP contribution in [0.15, 0.2) is 18.5 Å². The highest BCUT2D eigenvalue weighted by Crippen LogP contribution is 2.29. The lowest BCUT2D eigenvalue weighted by atomic mass is 9.93. The van der Waals surface area contributed by atoms with E-state index in [1.165, 1.54) is 5.69 Å². The van der Waals surface area contributed by atoms with E-state index in [1.807, 2.05) is 37.8 Å². The number of carbonyl (C=O) groups is 1. The van der Waals surface area contributed by atoms with Crippen molar-refractivity contribution >= 4 is 5.91 Å². The Morgan fingerprint density at radius 1 is 1.48 bits per heavy atom. The first kappa shape index (κ1) is 13.9.